The summed E-state index contributed by atoms with van der Waals surface area (Å²) in [6, 6.07) is -2.08. The van der Waals surface area contributed by atoms with Crippen LogP contribution in [0.2, 0.25) is 0 Å². The van der Waals surface area contributed by atoms with Gasteiger partial charge in [0.15, 0.2) is 0 Å². The summed E-state index contributed by atoms with van der Waals surface area (Å²) in [7, 11) is 0. The predicted molar refractivity (Wildman–Crippen MR) is 116 cm³/mol. The molecule has 0 aliphatic rings. The van der Waals surface area contributed by atoms with Crippen LogP contribution in [0.4, 0.5) is 0 Å². The molecule has 3 unspecified atom stereocenters. The van der Waals surface area contributed by atoms with Gasteiger partial charge >= 0.3 is 17.9 Å². The summed E-state index contributed by atoms with van der Waals surface area (Å²) < 4.78 is 0. The molecule has 0 rings (SSSR count). The molecule has 0 aromatic heterocycles. The highest BCUT2D eigenvalue weighted by atomic mass is 32.2. The van der Waals surface area contributed by atoms with Gasteiger partial charge in [0.2, 0.25) is 0 Å². The van der Waals surface area contributed by atoms with E-state index in [9.17, 15) is 14.4 Å². The van der Waals surface area contributed by atoms with Crippen molar-refractivity contribution in [1.29, 1.82) is 0 Å². The maximum Gasteiger partial charge on any atom is 0.320 e. The van der Waals surface area contributed by atoms with E-state index in [1.165, 1.54) is 0 Å². The molecule has 11 N–H and O–H groups in total. The lowest BCUT2D eigenvalue weighted by Crippen LogP contribution is -2.30. The third-order valence-electron chi connectivity index (χ3n) is 3.19. The van der Waals surface area contributed by atoms with Gasteiger partial charge in [-0.1, -0.05) is 6.42 Å². The van der Waals surface area contributed by atoms with E-state index in [4.69, 9.17) is 38.3 Å². The monoisotopic (exact) mass is 444 g/mol. The zero-order valence-corrected chi connectivity index (χ0v) is 18.2. The first-order chi connectivity index (χ1) is 13.0. The minimum atomic E-state index is -0.933. The predicted octanol–water partition coefficient (Wildman–Crippen LogP) is -0.170. The second-order valence-corrected chi connectivity index (χ2v) is 7.65. The first-order valence-corrected chi connectivity index (χ1v) is 11.5. The molecular formula is C16H36N4O6S2. The maximum atomic E-state index is 10.1. The lowest BCUT2D eigenvalue weighted by molar-refractivity contribution is -0.139. The van der Waals surface area contributed by atoms with Crippen molar-refractivity contribution in [3.8, 4) is 0 Å². The van der Waals surface area contributed by atoms with Crippen molar-refractivity contribution in [2.24, 2.45) is 22.9 Å². The summed E-state index contributed by atoms with van der Waals surface area (Å²) in [5.74, 6) is -1.13. The summed E-state index contributed by atoms with van der Waals surface area (Å²) in [6.45, 7) is 0.604. The number of unbranched alkanes of at least 4 members (excludes halogenated alkanes) is 1. The minimum absolute atomic E-state index is 0.520. The molecule has 0 bridgehead atoms. The van der Waals surface area contributed by atoms with Gasteiger partial charge in [-0.05, 0) is 56.2 Å². The van der Waals surface area contributed by atoms with E-state index in [0.717, 1.165) is 24.3 Å². The molecular weight excluding hydrogens is 408 g/mol. The van der Waals surface area contributed by atoms with E-state index in [2.05, 4.69) is 0 Å². The van der Waals surface area contributed by atoms with Crippen LogP contribution >= 0.6 is 23.5 Å². The van der Waals surface area contributed by atoms with Gasteiger partial charge < -0.3 is 38.3 Å². The molecule has 28 heavy (non-hydrogen) atoms. The van der Waals surface area contributed by atoms with Gasteiger partial charge in [-0.2, -0.15) is 23.5 Å². The molecule has 0 heterocycles. The lowest BCUT2D eigenvalue weighted by atomic mass is 10.1. The van der Waals surface area contributed by atoms with Crippen molar-refractivity contribution in [3.63, 3.8) is 0 Å². The Morgan fingerprint density at radius 1 is 0.714 bits per heavy atom. The number of thioether (sulfide) groups is 2. The molecule has 0 amide bonds. The first kappa shape index (κ1) is 31.6. The molecule has 168 valence electrons. The van der Waals surface area contributed by atoms with Crippen LogP contribution in [0.25, 0.3) is 0 Å². The van der Waals surface area contributed by atoms with Gasteiger partial charge in [-0.25, -0.2) is 0 Å². The number of rotatable bonds is 13. The first-order valence-electron chi connectivity index (χ1n) is 8.68. The lowest BCUT2D eigenvalue weighted by Gasteiger charge is -2.03. The fourth-order valence-electron chi connectivity index (χ4n) is 1.37. The van der Waals surface area contributed by atoms with Crippen molar-refractivity contribution in [2.45, 2.75) is 50.2 Å². The Morgan fingerprint density at radius 2 is 1.04 bits per heavy atom. The Labute approximate surface area is 175 Å². The van der Waals surface area contributed by atoms with Gasteiger partial charge in [-0.3, -0.25) is 14.4 Å². The van der Waals surface area contributed by atoms with Crippen molar-refractivity contribution < 1.29 is 29.7 Å². The maximum absolute atomic E-state index is 10.1. The van der Waals surface area contributed by atoms with E-state index in [0.29, 0.717) is 25.8 Å². The normalized spacial score (nSPS) is 13.1. The Hall–Kier alpha value is -1.05. The quantitative estimate of drug-likeness (QED) is 0.184. The van der Waals surface area contributed by atoms with Crippen LogP contribution < -0.4 is 22.9 Å². The van der Waals surface area contributed by atoms with E-state index in [1.54, 1.807) is 23.5 Å². The summed E-state index contributed by atoms with van der Waals surface area (Å²) in [5, 5.41) is 24.9. The second-order valence-electron chi connectivity index (χ2n) is 5.68. The van der Waals surface area contributed by atoms with Gasteiger partial charge in [0.25, 0.3) is 0 Å². The highest BCUT2D eigenvalue weighted by molar-refractivity contribution is 7.98. The number of carboxylic acids is 3. The zero-order valence-electron chi connectivity index (χ0n) is 16.6. The molecule has 0 aromatic carbocycles. The number of carboxylic acid groups (broad SMARTS) is 3. The molecule has 0 aliphatic heterocycles. The summed E-state index contributed by atoms with van der Waals surface area (Å²) >= 11 is 3.21. The van der Waals surface area contributed by atoms with Crippen LogP contribution in [-0.4, -0.2) is 81.9 Å². The number of aliphatic carboxylic acids is 3. The summed E-state index contributed by atoms with van der Waals surface area (Å²) in [4.78, 5) is 30.3. The second kappa shape index (κ2) is 22.2. The third kappa shape index (κ3) is 24.9. The van der Waals surface area contributed by atoms with E-state index >= 15 is 0 Å². The molecule has 10 nitrogen and oxygen atoms in total. The molecule has 0 aliphatic carbocycles. The van der Waals surface area contributed by atoms with Gasteiger partial charge in [0, 0.05) is 0 Å². The number of carbonyl (C=O) groups is 3. The van der Waals surface area contributed by atoms with Crippen molar-refractivity contribution in [3.05, 3.63) is 0 Å². The largest absolute Gasteiger partial charge is 0.480 e. The Balaban J connectivity index is -0.000000336. The van der Waals surface area contributed by atoms with E-state index < -0.39 is 36.0 Å². The zero-order chi connectivity index (χ0) is 22.5. The van der Waals surface area contributed by atoms with Crippen LogP contribution in [0.15, 0.2) is 0 Å². The molecule has 0 spiro atoms. The smallest absolute Gasteiger partial charge is 0.320 e. The van der Waals surface area contributed by atoms with Crippen molar-refractivity contribution in [1.82, 2.24) is 0 Å². The highest BCUT2D eigenvalue weighted by Gasteiger charge is 2.10. The molecule has 3 atom stereocenters. The highest BCUT2D eigenvalue weighted by Crippen LogP contribution is 1.98. The van der Waals surface area contributed by atoms with Crippen LogP contribution in [0.5, 0.6) is 0 Å². The van der Waals surface area contributed by atoms with Gasteiger partial charge in [-0.15, -0.1) is 0 Å². The molecule has 0 radical (unpaired) electrons. The van der Waals surface area contributed by atoms with Crippen LogP contribution in [0.3, 0.4) is 0 Å². The number of hydrogen-bond donors (Lipinski definition) is 7. The van der Waals surface area contributed by atoms with Crippen molar-refractivity contribution >= 4 is 41.4 Å². The fourth-order valence-corrected chi connectivity index (χ4v) is 2.35. The number of nitrogens with two attached hydrogens (primary N) is 4. The summed E-state index contributed by atoms with van der Waals surface area (Å²) in [6.07, 6.45) is 7.12. The van der Waals surface area contributed by atoms with Gasteiger partial charge in [0.1, 0.15) is 18.1 Å². The standard InChI is InChI=1S/C6H14N2O2.2C5H11NO2S/c7-4-2-1-3-5(8)6(9)10;2*1-9-3-2-4(6)5(7)8/h5H,1-4,7-8H2,(H,9,10);2*4H,2-3,6H2,1H3,(H,7,8). The minimum Gasteiger partial charge on any atom is -0.480 e. The van der Waals surface area contributed by atoms with Gasteiger partial charge in [0.05, 0.1) is 0 Å². The average molecular weight is 445 g/mol. The van der Waals surface area contributed by atoms with Crippen LogP contribution in [0, 0.1) is 0 Å². The Bertz CT molecular complexity index is 395. The molecule has 12 heteroatoms. The SMILES string of the molecule is CSCCC(N)C(=O)O.CSCCC(N)C(=O)O.NCCCCC(N)C(=O)O. The molecule has 0 fully saturated rings. The molecule has 0 saturated carbocycles. The molecule has 0 aromatic rings. The fraction of sp³-hybridized carbons (Fsp3) is 0.812. The summed E-state index contributed by atoms with van der Waals surface area (Å²) in [5.41, 5.74) is 20.8. The Morgan fingerprint density at radius 3 is 1.29 bits per heavy atom. The average Bonchev–Trinajstić information content (AvgIpc) is 2.64. The van der Waals surface area contributed by atoms with Crippen molar-refractivity contribution in [2.75, 3.05) is 30.6 Å². The Kier molecular flexibility index (Phi) is 25.1. The van der Waals surface area contributed by atoms with E-state index in [1.807, 2.05) is 12.5 Å². The molecule has 0 saturated heterocycles. The third-order valence-corrected chi connectivity index (χ3v) is 4.47. The number of hydrogen-bond acceptors (Lipinski definition) is 9. The topological polar surface area (TPSA) is 216 Å². The van der Waals surface area contributed by atoms with E-state index in [-0.39, 0.29) is 0 Å². The van der Waals surface area contributed by atoms with Crippen LogP contribution in [0.1, 0.15) is 32.1 Å². The van der Waals surface area contributed by atoms with Crippen LogP contribution in [-0.2, 0) is 14.4 Å².